The van der Waals surface area contributed by atoms with Gasteiger partial charge in [0.05, 0.1) is 0 Å². The monoisotopic (exact) mass is 244 g/mol. The Labute approximate surface area is 108 Å². The summed E-state index contributed by atoms with van der Waals surface area (Å²) in [5.74, 6) is 0.956. The molecule has 3 rings (SSSR count). The molecular weight excluding hydrogens is 224 g/mol. The van der Waals surface area contributed by atoms with Crippen molar-refractivity contribution in [3.8, 4) is 5.75 Å². The summed E-state index contributed by atoms with van der Waals surface area (Å²) in [6.07, 6.45) is 4.72. The molecule has 1 aliphatic rings. The van der Waals surface area contributed by atoms with Gasteiger partial charge in [0, 0.05) is 23.8 Å². The number of H-pyrrole nitrogens is 1. The van der Waals surface area contributed by atoms with Gasteiger partial charge < -0.3 is 9.72 Å². The normalized spacial score (nSPS) is 22.4. The van der Waals surface area contributed by atoms with E-state index in [4.69, 9.17) is 4.74 Å². The first-order valence-electron chi connectivity index (χ1n) is 6.68. The number of ether oxygens (including phenoxy) is 1. The number of nitrogens with zero attached hydrogens (tertiary/aromatic N) is 1. The molecule has 0 bridgehead atoms. The lowest BCUT2D eigenvalue weighted by Crippen LogP contribution is -2.37. The molecule has 1 aromatic heterocycles. The highest BCUT2D eigenvalue weighted by atomic mass is 16.5. The SMILES string of the molecule is CC(Oc1ccc2cc[nH]c2c1)C1CCCN1C. The van der Waals surface area contributed by atoms with Crippen LogP contribution < -0.4 is 4.74 Å². The highest BCUT2D eigenvalue weighted by Gasteiger charge is 2.27. The molecule has 3 nitrogen and oxygen atoms in total. The van der Waals surface area contributed by atoms with Gasteiger partial charge in [0.1, 0.15) is 11.9 Å². The molecule has 0 spiro atoms. The van der Waals surface area contributed by atoms with E-state index in [1.807, 2.05) is 6.20 Å². The van der Waals surface area contributed by atoms with Crippen LogP contribution in [0, 0.1) is 0 Å². The molecule has 2 heterocycles. The topological polar surface area (TPSA) is 28.3 Å². The molecule has 3 heteroatoms. The van der Waals surface area contributed by atoms with Crippen LogP contribution in [0.2, 0.25) is 0 Å². The molecule has 1 aromatic carbocycles. The highest BCUT2D eigenvalue weighted by molar-refractivity contribution is 5.80. The van der Waals surface area contributed by atoms with Crippen molar-refractivity contribution in [1.82, 2.24) is 9.88 Å². The lowest BCUT2D eigenvalue weighted by atomic mass is 10.1. The Morgan fingerprint density at radius 3 is 3.06 bits per heavy atom. The summed E-state index contributed by atoms with van der Waals surface area (Å²) in [5.41, 5.74) is 1.14. The second-order valence-corrected chi connectivity index (χ2v) is 5.24. The van der Waals surface area contributed by atoms with Gasteiger partial charge in [-0.3, -0.25) is 4.90 Å². The summed E-state index contributed by atoms with van der Waals surface area (Å²) >= 11 is 0. The van der Waals surface area contributed by atoms with E-state index in [1.165, 1.54) is 24.8 Å². The second-order valence-electron chi connectivity index (χ2n) is 5.24. The minimum Gasteiger partial charge on any atom is -0.489 e. The molecule has 0 amide bonds. The predicted molar refractivity (Wildman–Crippen MR) is 74.0 cm³/mol. The van der Waals surface area contributed by atoms with Crippen molar-refractivity contribution in [3.63, 3.8) is 0 Å². The summed E-state index contributed by atoms with van der Waals surface area (Å²) < 4.78 is 6.08. The van der Waals surface area contributed by atoms with Crippen LogP contribution in [0.1, 0.15) is 19.8 Å². The fraction of sp³-hybridized carbons (Fsp3) is 0.467. The van der Waals surface area contributed by atoms with Crippen LogP contribution in [-0.2, 0) is 0 Å². The molecular formula is C15H20N2O. The lowest BCUT2D eigenvalue weighted by molar-refractivity contribution is 0.121. The largest absolute Gasteiger partial charge is 0.489 e. The fourth-order valence-electron chi connectivity index (χ4n) is 2.92. The van der Waals surface area contributed by atoms with E-state index < -0.39 is 0 Å². The van der Waals surface area contributed by atoms with Crippen LogP contribution in [0.3, 0.4) is 0 Å². The second kappa shape index (κ2) is 4.65. The molecule has 18 heavy (non-hydrogen) atoms. The van der Waals surface area contributed by atoms with Gasteiger partial charge in [-0.1, -0.05) is 0 Å². The van der Waals surface area contributed by atoms with E-state index in [0.717, 1.165) is 11.3 Å². The number of likely N-dealkylation sites (tertiary alicyclic amines) is 1. The summed E-state index contributed by atoms with van der Waals surface area (Å²) in [7, 11) is 2.19. The van der Waals surface area contributed by atoms with Crippen molar-refractivity contribution in [3.05, 3.63) is 30.5 Å². The van der Waals surface area contributed by atoms with Gasteiger partial charge in [-0.25, -0.2) is 0 Å². The molecule has 1 saturated heterocycles. The summed E-state index contributed by atoms with van der Waals surface area (Å²) in [6.45, 7) is 3.36. The van der Waals surface area contributed by atoms with Crippen LogP contribution in [0.15, 0.2) is 30.5 Å². The first kappa shape index (κ1) is 11.6. The van der Waals surface area contributed by atoms with Crippen LogP contribution in [0.4, 0.5) is 0 Å². The maximum Gasteiger partial charge on any atom is 0.121 e. The highest BCUT2D eigenvalue weighted by Crippen LogP contribution is 2.24. The van der Waals surface area contributed by atoms with E-state index in [9.17, 15) is 0 Å². The first-order chi connectivity index (χ1) is 8.74. The molecule has 0 aliphatic carbocycles. The van der Waals surface area contributed by atoms with Gasteiger partial charge >= 0.3 is 0 Å². The van der Waals surface area contributed by atoms with Crippen LogP contribution in [0.5, 0.6) is 5.75 Å². The van der Waals surface area contributed by atoms with Crippen molar-refractivity contribution in [2.45, 2.75) is 31.9 Å². The molecule has 0 saturated carbocycles. The predicted octanol–water partition coefficient (Wildman–Crippen LogP) is 3.03. The number of nitrogens with one attached hydrogen (secondary N) is 1. The number of rotatable bonds is 3. The molecule has 2 unspecified atom stereocenters. The lowest BCUT2D eigenvalue weighted by Gasteiger charge is -2.26. The van der Waals surface area contributed by atoms with Gasteiger partial charge in [0.25, 0.3) is 0 Å². The Morgan fingerprint density at radius 2 is 2.28 bits per heavy atom. The van der Waals surface area contributed by atoms with E-state index in [1.54, 1.807) is 0 Å². The summed E-state index contributed by atoms with van der Waals surface area (Å²) in [6, 6.07) is 8.87. The summed E-state index contributed by atoms with van der Waals surface area (Å²) in [4.78, 5) is 5.62. The van der Waals surface area contributed by atoms with E-state index in [-0.39, 0.29) is 6.10 Å². The van der Waals surface area contributed by atoms with E-state index >= 15 is 0 Å². The zero-order chi connectivity index (χ0) is 12.5. The minimum absolute atomic E-state index is 0.241. The Balaban J connectivity index is 1.74. The van der Waals surface area contributed by atoms with E-state index in [2.05, 4.69) is 48.1 Å². The van der Waals surface area contributed by atoms with Gasteiger partial charge in [0.2, 0.25) is 0 Å². The van der Waals surface area contributed by atoms with Gasteiger partial charge in [-0.15, -0.1) is 0 Å². The Bertz CT molecular complexity index is 534. The van der Waals surface area contributed by atoms with Gasteiger partial charge in [-0.05, 0) is 56.9 Å². The minimum atomic E-state index is 0.241. The first-order valence-corrected chi connectivity index (χ1v) is 6.68. The third-order valence-corrected chi connectivity index (χ3v) is 3.97. The third kappa shape index (κ3) is 2.10. The van der Waals surface area contributed by atoms with Crippen molar-refractivity contribution in [1.29, 1.82) is 0 Å². The molecule has 2 aromatic rings. The van der Waals surface area contributed by atoms with Crippen LogP contribution in [-0.4, -0.2) is 35.6 Å². The zero-order valence-corrected chi connectivity index (χ0v) is 11.0. The molecule has 1 N–H and O–H groups in total. The van der Waals surface area contributed by atoms with E-state index in [0.29, 0.717) is 6.04 Å². The number of hydrogen-bond donors (Lipinski definition) is 1. The van der Waals surface area contributed by atoms with Gasteiger partial charge in [0.15, 0.2) is 0 Å². The van der Waals surface area contributed by atoms with Crippen molar-refractivity contribution in [2.24, 2.45) is 0 Å². The Morgan fingerprint density at radius 1 is 1.39 bits per heavy atom. The van der Waals surface area contributed by atoms with Crippen molar-refractivity contribution < 1.29 is 4.74 Å². The summed E-state index contributed by atoms with van der Waals surface area (Å²) in [5, 5.41) is 1.23. The fourth-order valence-corrected chi connectivity index (χ4v) is 2.92. The molecule has 1 fully saturated rings. The van der Waals surface area contributed by atoms with Crippen LogP contribution >= 0.6 is 0 Å². The average molecular weight is 244 g/mol. The molecule has 2 atom stereocenters. The number of hydrogen-bond acceptors (Lipinski definition) is 2. The van der Waals surface area contributed by atoms with Crippen molar-refractivity contribution in [2.75, 3.05) is 13.6 Å². The molecule has 96 valence electrons. The maximum absolute atomic E-state index is 6.08. The Hall–Kier alpha value is -1.48. The number of benzene rings is 1. The zero-order valence-electron chi connectivity index (χ0n) is 11.0. The maximum atomic E-state index is 6.08. The molecule has 1 aliphatic heterocycles. The van der Waals surface area contributed by atoms with Crippen molar-refractivity contribution >= 4 is 10.9 Å². The number of fused-ring (bicyclic) bond motifs is 1. The number of aromatic nitrogens is 1. The average Bonchev–Trinajstić information content (AvgIpc) is 2.96. The smallest absolute Gasteiger partial charge is 0.121 e. The van der Waals surface area contributed by atoms with Crippen LogP contribution in [0.25, 0.3) is 10.9 Å². The standard InChI is InChI=1S/C15H20N2O/c1-11(15-4-3-9-17(15)2)18-13-6-5-12-7-8-16-14(12)10-13/h5-8,10-11,15-16H,3-4,9H2,1-2H3. The van der Waals surface area contributed by atoms with Gasteiger partial charge in [-0.2, -0.15) is 0 Å². The number of aromatic amines is 1. The Kier molecular flexibility index (Phi) is 3.00. The quantitative estimate of drug-likeness (QED) is 0.899. The third-order valence-electron chi connectivity index (χ3n) is 3.97. The molecule has 0 radical (unpaired) electrons. The number of likely N-dealkylation sites (N-methyl/N-ethyl adjacent to an activating group) is 1.